The van der Waals surface area contributed by atoms with Crippen LogP contribution < -0.4 is 5.32 Å². The minimum atomic E-state index is 0. The van der Waals surface area contributed by atoms with Gasteiger partial charge in [0.1, 0.15) is 0 Å². The van der Waals surface area contributed by atoms with Crippen molar-refractivity contribution in [3.63, 3.8) is 0 Å². The molecule has 1 aromatic carbocycles. The number of nitrogens with one attached hydrogen (secondary N) is 1. The molecule has 0 saturated carbocycles. The van der Waals surface area contributed by atoms with E-state index in [0.717, 1.165) is 31.0 Å². The Morgan fingerprint density at radius 1 is 1.30 bits per heavy atom. The molecule has 1 amide bonds. The van der Waals surface area contributed by atoms with E-state index in [-0.39, 0.29) is 18.3 Å². The van der Waals surface area contributed by atoms with Crippen molar-refractivity contribution < 1.29 is 4.79 Å². The Morgan fingerprint density at radius 2 is 2.05 bits per heavy atom. The van der Waals surface area contributed by atoms with Crippen molar-refractivity contribution >= 4 is 30.1 Å². The second-order valence-corrected chi connectivity index (χ2v) is 6.89. The fraction of sp³-hybridized carbons (Fsp3) is 0.533. The molecule has 20 heavy (non-hydrogen) atoms. The molecule has 0 radical (unpaired) electrons. The highest BCUT2D eigenvalue weighted by molar-refractivity contribution is 8.00. The minimum Gasteiger partial charge on any atom is -0.334 e. The van der Waals surface area contributed by atoms with Crippen LogP contribution in [0, 0.1) is 0 Å². The van der Waals surface area contributed by atoms with E-state index in [1.807, 2.05) is 22.7 Å². The summed E-state index contributed by atoms with van der Waals surface area (Å²) >= 11 is 1.96. The van der Waals surface area contributed by atoms with Crippen molar-refractivity contribution in [1.82, 2.24) is 10.2 Å². The first kappa shape index (κ1) is 15.7. The molecule has 1 saturated heterocycles. The van der Waals surface area contributed by atoms with Gasteiger partial charge in [-0.2, -0.15) is 11.8 Å². The van der Waals surface area contributed by atoms with Crippen molar-refractivity contribution in [1.29, 1.82) is 0 Å². The molecular formula is C15H21ClN2OS. The molecule has 0 spiro atoms. The van der Waals surface area contributed by atoms with Crippen LogP contribution in [0.25, 0.3) is 0 Å². The summed E-state index contributed by atoms with van der Waals surface area (Å²) in [6.07, 6.45) is 0. The number of nitrogens with zero attached hydrogens (tertiary/aromatic N) is 1. The first-order valence-corrected chi connectivity index (χ1v) is 7.97. The average Bonchev–Trinajstić information content (AvgIpc) is 2.88. The molecule has 0 bridgehead atoms. The standard InChI is InChI=1S/C15H20N2OS.ClH/c1-10-11(2)19-6-5-17(10)15(18)12-3-4-13-8-16-9-14(13)7-12;/h3-4,7,10-11,16H,5-6,8-9H2,1-2H3;1H. The maximum Gasteiger partial charge on any atom is 0.254 e. The highest BCUT2D eigenvalue weighted by Crippen LogP contribution is 2.26. The van der Waals surface area contributed by atoms with Crippen LogP contribution >= 0.6 is 24.2 Å². The lowest BCUT2D eigenvalue weighted by atomic mass is 10.0. The SMILES string of the molecule is CC1SCCN(C(=O)c2ccc3c(c2)CNC3)C1C.Cl. The van der Waals surface area contributed by atoms with Crippen LogP contribution in [0.5, 0.6) is 0 Å². The van der Waals surface area contributed by atoms with Crippen LogP contribution in [-0.4, -0.2) is 34.4 Å². The van der Waals surface area contributed by atoms with Gasteiger partial charge in [-0.1, -0.05) is 13.0 Å². The summed E-state index contributed by atoms with van der Waals surface area (Å²) in [5.74, 6) is 1.23. The van der Waals surface area contributed by atoms with Crippen LogP contribution in [0.3, 0.4) is 0 Å². The van der Waals surface area contributed by atoms with Gasteiger partial charge in [-0.25, -0.2) is 0 Å². The quantitative estimate of drug-likeness (QED) is 0.865. The molecule has 2 unspecified atom stereocenters. The Labute approximate surface area is 130 Å². The van der Waals surface area contributed by atoms with E-state index >= 15 is 0 Å². The molecule has 3 nitrogen and oxygen atoms in total. The molecule has 0 aliphatic carbocycles. The van der Waals surface area contributed by atoms with Crippen LogP contribution in [0.15, 0.2) is 18.2 Å². The molecular weight excluding hydrogens is 292 g/mol. The molecule has 3 rings (SSSR count). The Hall–Kier alpha value is -0.710. The van der Waals surface area contributed by atoms with Crippen molar-refractivity contribution in [2.24, 2.45) is 0 Å². The maximum absolute atomic E-state index is 12.7. The van der Waals surface area contributed by atoms with Crippen molar-refractivity contribution in [3.8, 4) is 0 Å². The summed E-state index contributed by atoms with van der Waals surface area (Å²) in [4.78, 5) is 14.7. The number of carbonyl (C=O) groups excluding carboxylic acids is 1. The number of halogens is 1. The smallest absolute Gasteiger partial charge is 0.254 e. The fourth-order valence-corrected chi connectivity index (χ4v) is 3.91. The summed E-state index contributed by atoms with van der Waals surface area (Å²) < 4.78 is 0. The molecule has 1 N–H and O–H groups in total. The van der Waals surface area contributed by atoms with Gasteiger partial charge in [0.05, 0.1) is 0 Å². The number of hydrogen-bond acceptors (Lipinski definition) is 3. The first-order chi connectivity index (χ1) is 9.16. The van der Waals surface area contributed by atoms with E-state index in [1.54, 1.807) is 0 Å². The summed E-state index contributed by atoms with van der Waals surface area (Å²) in [5, 5.41) is 3.84. The maximum atomic E-state index is 12.7. The zero-order chi connectivity index (χ0) is 13.4. The van der Waals surface area contributed by atoms with E-state index in [9.17, 15) is 4.79 Å². The third kappa shape index (κ3) is 2.83. The highest BCUT2D eigenvalue weighted by atomic mass is 35.5. The molecule has 1 fully saturated rings. The van der Waals surface area contributed by atoms with E-state index in [4.69, 9.17) is 0 Å². The van der Waals surface area contributed by atoms with Crippen molar-refractivity contribution in [3.05, 3.63) is 34.9 Å². The largest absolute Gasteiger partial charge is 0.334 e. The lowest BCUT2D eigenvalue weighted by Gasteiger charge is -2.37. The van der Waals surface area contributed by atoms with Gasteiger partial charge in [-0.3, -0.25) is 4.79 Å². The number of benzene rings is 1. The Kier molecular flexibility index (Phi) is 4.99. The molecule has 2 heterocycles. The van der Waals surface area contributed by atoms with Crippen LogP contribution in [0.4, 0.5) is 0 Å². The lowest BCUT2D eigenvalue weighted by Crippen LogP contribution is -2.47. The van der Waals surface area contributed by atoms with Gasteiger partial charge in [0.25, 0.3) is 5.91 Å². The number of hydrogen-bond donors (Lipinski definition) is 1. The number of rotatable bonds is 1. The number of carbonyl (C=O) groups is 1. The monoisotopic (exact) mass is 312 g/mol. The van der Waals surface area contributed by atoms with Crippen LogP contribution in [0.2, 0.25) is 0 Å². The second kappa shape index (κ2) is 6.37. The normalized spacial score (nSPS) is 25.0. The van der Waals surface area contributed by atoms with Gasteiger partial charge in [0.15, 0.2) is 0 Å². The summed E-state index contributed by atoms with van der Waals surface area (Å²) in [5.41, 5.74) is 3.44. The zero-order valence-electron chi connectivity index (χ0n) is 11.9. The lowest BCUT2D eigenvalue weighted by molar-refractivity contribution is 0.0698. The highest BCUT2D eigenvalue weighted by Gasteiger charge is 2.29. The van der Waals surface area contributed by atoms with Gasteiger partial charge < -0.3 is 10.2 Å². The van der Waals surface area contributed by atoms with Crippen molar-refractivity contribution in [2.45, 2.75) is 38.2 Å². The Morgan fingerprint density at radius 3 is 2.85 bits per heavy atom. The fourth-order valence-electron chi connectivity index (χ4n) is 2.81. The number of fused-ring (bicyclic) bond motifs is 1. The molecule has 2 aliphatic rings. The predicted octanol–water partition coefficient (Wildman–Crippen LogP) is 2.68. The molecule has 2 atom stereocenters. The van der Waals surface area contributed by atoms with Gasteiger partial charge >= 0.3 is 0 Å². The third-order valence-electron chi connectivity index (χ3n) is 4.23. The van der Waals surface area contributed by atoms with Crippen LogP contribution in [0.1, 0.15) is 35.3 Å². The first-order valence-electron chi connectivity index (χ1n) is 6.92. The van der Waals surface area contributed by atoms with Crippen molar-refractivity contribution in [2.75, 3.05) is 12.3 Å². The Balaban J connectivity index is 0.00000147. The molecule has 5 heteroatoms. The predicted molar refractivity (Wildman–Crippen MR) is 86.7 cm³/mol. The summed E-state index contributed by atoms with van der Waals surface area (Å²) in [6.45, 7) is 7.05. The molecule has 0 aromatic heterocycles. The minimum absolute atomic E-state index is 0. The van der Waals surface area contributed by atoms with E-state index in [0.29, 0.717) is 11.3 Å². The molecule has 2 aliphatic heterocycles. The average molecular weight is 313 g/mol. The van der Waals surface area contributed by atoms with Gasteiger partial charge in [-0.15, -0.1) is 12.4 Å². The van der Waals surface area contributed by atoms with Gasteiger partial charge in [-0.05, 0) is 30.2 Å². The summed E-state index contributed by atoms with van der Waals surface area (Å²) in [7, 11) is 0. The summed E-state index contributed by atoms with van der Waals surface area (Å²) in [6, 6.07) is 6.46. The molecule has 1 aromatic rings. The zero-order valence-corrected chi connectivity index (χ0v) is 13.5. The van der Waals surface area contributed by atoms with Crippen LogP contribution in [-0.2, 0) is 13.1 Å². The number of amides is 1. The van der Waals surface area contributed by atoms with Gasteiger partial charge in [0, 0.05) is 42.2 Å². The topological polar surface area (TPSA) is 32.3 Å². The number of thioether (sulfide) groups is 1. The van der Waals surface area contributed by atoms with E-state index in [2.05, 4.69) is 31.3 Å². The van der Waals surface area contributed by atoms with E-state index < -0.39 is 0 Å². The van der Waals surface area contributed by atoms with E-state index in [1.165, 1.54) is 11.1 Å². The second-order valence-electron chi connectivity index (χ2n) is 5.40. The van der Waals surface area contributed by atoms with Gasteiger partial charge in [0.2, 0.25) is 0 Å². The Bertz CT molecular complexity index is 509. The third-order valence-corrected chi connectivity index (χ3v) is 5.57. The molecule has 110 valence electrons.